The number of fused-ring (bicyclic) bond motifs is 1. The third-order valence-corrected chi connectivity index (χ3v) is 3.60. The Morgan fingerprint density at radius 3 is 2.43 bits per heavy atom. The highest BCUT2D eigenvalue weighted by atomic mass is 14.0. The summed E-state index contributed by atoms with van der Waals surface area (Å²) < 4.78 is 0. The molecule has 2 aromatic rings. The first kappa shape index (κ1) is 15.3. The third kappa shape index (κ3) is 4.19. The summed E-state index contributed by atoms with van der Waals surface area (Å²) in [5.74, 6) is 0. The van der Waals surface area contributed by atoms with Crippen LogP contribution in [0.4, 0.5) is 0 Å². The van der Waals surface area contributed by atoms with E-state index in [2.05, 4.69) is 87.5 Å². The van der Waals surface area contributed by atoms with Crippen LogP contribution in [-0.2, 0) is 6.42 Å². The summed E-state index contributed by atoms with van der Waals surface area (Å²) in [4.78, 5) is 0. The van der Waals surface area contributed by atoms with E-state index in [4.69, 9.17) is 0 Å². The molecule has 0 heteroatoms. The minimum Gasteiger partial charge on any atom is -0.0871 e. The average Bonchev–Trinajstić information content (AvgIpc) is 2.52. The average molecular weight is 276 g/mol. The molecule has 0 saturated heterocycles. The molecular formula is C21H24. The fraction of sp³-hybridized carbons (Fsp3) is 0.238. The Bertz CT molecular complexity index is 684. The molecule has 0 fully saturated rings. The summed E-state index contributed by atoms with van der Waals surface area (Å²) in [6, 6.07) is 13.4. The molecule has 0 radical (unpaired) electrons. The van der Waals surface area contributed by atoms with Crippen LogP contribution < -0.4 is 0 Å². The monoisotopic (exact) mass is 276 g/mol. The molecule has 0 N–H and O–H groups in total. The zero-order valence-electron chi connectivity index (χ0n) is 13.3. The van der Waals surface area contributed by atoms with Gasteiger partial charge < -0.3 is 0 Å². The van der Waals surface area contributed by atoms with Gasteiger partial charge >= 0.3 is 0 Å². The van der Waals surface area contributed by atoms with E-state index in [9.17, 15) is 0 Å². The van der Waals surface area contributed by atoms with Gasteiger partial charge in [-0.2, -0.15) is 0 Å². The predicted octanol–water partition coefficient (Wildman–Crippen LogP) is 6.33. The molecule has 0 aromatic heterocycles. The van der Waals surface area contributed by atoms with E-state index in [-0.39, 0.29) is 0 Å². The second-order valence-corrected chi connectivity index (χ2v) is 5.24. The van der Waals surface area contributed by atoms with E-state index in [0.29, 0.717) is 0 Å². The SMILES string of the molecule is C\C=C/C(/C=C/c1ccc2cc(CC)ccc2c1)=C\CC. The predicted molar refractivity (Wildman–Crippen MR) is 95.5 cm³/mol. The zero-order valence-corrected chi connectivity index (χ0v) is 13.3. The Morgan fingerprint density at radius 2 is 1.71 bits per heavy atom. The fourth-order valence-corrected chi connectivity index (χ4v) is 2.45. The zero-order chi connectivity index (χ0) is 15.1. The highest BCUT2D eigenvalue weighted by Gasteiger charge is 1.96. The maximum atomic E-state index is 2.28. The summed E-state index contributed by atoms with van der Waals surface area (Å²) in [6.07, 6.45) is 13.0. The molecule has 21 heavy (non-hydrogen) atoms. The fourth-order valence-electron chi connectivity index (χ4n) is 2.45. The van der Waals surface area contributed by atoms with Crippen molar-refractivity contribution in [3.63, 3.8) is 0 Å². The highest BCUT2D eigenvalue weighted by molar-refractivity contribution is 5.85. The van der Waals surface area contributed by atoms with Crippen LogP contribution in [0.1, 0.15) is 38.3 Å². The quantitative estimate of drug-likeness (QED) is 0.560. The summed E-state index contributed by atoms with van der Waals surface area (Å²) in [5, 5.41) is 2.63. The number of hydrogen-bond acceptors (Lipinski definition) is 0. The van der Waals surface area contributed by atoms with Crippen LogP contribution in [0.2, 0.25) is 0 Å². The van der Waals surface area contributed by atoms with E-state index in [1.165, 1.54) is 27.5 Å². The molecule has 0 aliphatic rings. The molecule has 2 rings (SSSR count). The molecule has 2 aromatic carbocycles. The molecule has 0 unspecified atom stereocenters. The topological polar surface area (TPSA) is 0 Å². The second-order valence-electron chi connectivity index (χ2n) is 5.24. The molecule has 0 spiro atoms. The molecule has 0 amide bonds. The lowest BCUT2D eigenvalue weighted by Crippen LogP contribution is -1.81. The van der Waals surface area contributed by atoms with Gasteiger partial charge in [0.15, 0.2) is 0 Å². The van der Waals surface area contributed by atoms with Gasteiger partial charge in [0.25, 0.3) is 0 Å². The molecule has 0 saturated carbocycles. The maximum Gasteiger partial charge on any atom is -0.0178 e. The van der Waals surface area contributed by atoms with Crippen molar-refractivity contribution in [2.45, 2.75) is 33.6 Å². The van der Waals surface area contributed by atoms with E-state index in [1.54, 1.807) is 0 Å². The Kier molecular flexibility index (Phi) is 5.57. The van der Waals surface area contributed by atoms with Crippen molar-refractivity contribution >= 4 is 16.8 Å². The van der Waals surface area contributed by atoms with Crippen molar-refractivity contribution in [2.24, 2.45) is 0 Å². The van der Waals surface area contributed by atoms with Crippen molar-refractivity contribution in [3.05, 3.63) is 77.4 Å². The lowest BCUT2D eigenvalue weighted by atomic mass is 10.0. The molecule has 0 heterocycles. The normalized spacial score (nSPS) is 12.8. The lowest BCUT2D eigenvalue weighted by Gasteiger charge is -2.03. The van der Waals surface area contributed by atoms with E-state index < -0.39 is 0 Å². The van der Waals surface area contributed by atoms with E-state index in [1.807, 2.05) is 0 Å². The first-order valence-electron chi connectivity index (χ1n) is 7.80. The number of aryl methyl sites for hydroxylation is 1. The van der Waals surface area contributed by atoms with Crippen LogP contribution in [0.25, 0.3) is 16.8 Å². The van der Waals surface area contributed by atoms with Crippen molar-refractivity contribution in [3.8, 4) is 0 Å². The summed E-state index contributed by atoms with van der Waals surface area (Å²) in [5.41, 5.74) is 3.91. The van der Waals surface area contributed by atoms with Gasteiger partial charge in [0.05, 0.1) is 0 Å². The van der Waals surface area contributed by atoms with Gasteiger partial charge in [0, 0.05) is 0 Å². The Morgan fingerprint density at radius 1 is 0.952 bits per heavy atom. The van der Waals surface area contributed by atoms with Crippen LogP contribution in [0.15, 0.2) is 66.3 Å². The number of rotatable bonds is 5. The number of hydrogen-bond donors (Lipinski definition) is 0. The molecule has 0 bridgehead atoms. The van der Waals surface area contributed by atoms with Crippen molar-refractivity contribution in [2.75, 3.05) is 0 Å². The first-order chi connectivity index (χ1) is 10.3. The van der Waals surface area contributed by atoms with Crippen molar-refractivity contribution < 1.29 is 0 Å². The number of allylic oxidation sites excluding steroid dienone is 5. The highest BCUT2D eigenvalue weighted by Crippen LogP contribution is 2.19. The van der Waals surface area contributed by atoms with Gasteiger partial charge in [-0.05, 0) is 53.3 Å². The van der Waals surface area contributed by atoms with Gasteiger partial charge in [-0.3, -0.25) is 0 Å². The van der Waals surface area contributed by atoms with Crippen LogP contribution >= 0.6 is 0 Å². The second kappa shape index (κ2) is 7.64. The van der Waals surface area contributed by atoms with Crippen molar-refractivity contribution in [1.29, 1.82) is 0 Å². The maximum absolute atomic E-state index is 2.28. The molecule has 0 nitrogen and oxygen atoms in total. The molecule has 0 atom stereocenters. The van der Waals surface area contributed by atoms with E-state index >= 15 is 0 Å². The molecule has 0 aliphatic carbocycles. The molecule has 108 valence electrons. The van der Waals surface area contributed by atoms with Crippen molar-refractivity contribution in [1.82, 2.24) is 0 Å². The van der Waals surface area contributed by atoms with Gasteiger partial charge in [-0.25, -0.2) is 0 Å². The Labute approximate surface area is 128 Å². The third-order valence-electron chi connectivity index (χ3n) is 3.60. The van der Waals surface area contributed by atoms with Crippen LogP contribution in [0.5, 0.6) is 0 Å². The minimum absolute atomic E-state index is 1.06. The minimum atomic E-state index is 1.06. The van der Waals surface area contributed by atoms with Crippen LogP contribution in [0.3, 0.4) is 0 Å². The van der Waals surface area contributed by atoms with Crippen LogP contribution in [0, 0.1) is 0 Å². The van der Waals surface area contributed by atoms with Gasteiger partial charge in [0.2, 0.25) is 0 Å². The van der Waals surface area contributed by atoms with Gasteiger partial charge in [0.1, 0.15) is 0 Å². The molecule has 0 aliphatic heterocycles. The van der Waals surface area contributed by atoms with Gasteiger partial charge in [-0.1, -0.05) is 74.6 Å². The Hall–Kier alpha value is -2.08. The largest absolute Gasteiger partial charge is 0.0871 e. The Balaban J connectivity index is 2.28. The van der Waals surface area contributed by atoms with E-state index in [0.717, 1.165) is 12.8 Å². The molecular weight excluding hydrogens is 252 g/mol. The smallest absolute Gasteiger partial charge is 0.0178 e. The lowest BCUT2D eigenvalue weighted by molar-refractivity contribution is 1.15. The summed E-state index contributed by atoms with van der Waals surface area (Å²) in [7, 11) is 0. The number of benzene rings is 2. The summed E-state index contributed by atoms with van der Waals surface area (Å²) >= 11 is 0. The van der Waals surface area contributed by atoms with Gasteiger partial charge in [-0.15, -0.1) is 0 Å². The first-order valence-corrected chi connectivity index (χ1v) is 7.80. The van der Waals surface area contributed by atoms with Crippen LogP contribution in [-0.4, -0.2) is 0 Å². The standard InChI is InChI=1S/C21H24/c1-4-7-18(8-5-2)9-10-19-12-14-20-15-17(6-3)11-13-21(20)16-19/h4,7-16H,5-6H2,1-3H3/b7-4-,10-9+,18-8+. The summed E-state index contributed by atoms with van der Waals surface area (Å²) in [6.45, 7) is 6.42.